The van der Waals surface area contributed by atoms with Crippen molar-refractivity contribution in [1.82, 2.24) is 5.32 Å². The maximum atomic E-state index is 5.31. The van der Waals surface area contributed by atoms with Crippen molar-refractivity contribution < 1.29 is 9.47 Å². The van der Waals surface area contributed by atoms with Crippen molar-refractivity contribution in [2.75, 3.05) is 20.0 Å². The van der Waals surface area contributed by atoms with E-state index in [0.717, 1.165) is 34.4 Å². The number of hydrogen-bond donors (Lipinski definition) is 1. The first-order chi connectivity index (χ1) is 9.54. The van der Waals surface area contributed by atoms with E-state index in [0.29, 0.717) is 6.54 Å². The Balaban J connectivity index is 2.07. The Bertz CT molecular complexity index is 501. The molecule has 1 N–H and O–H groups in total. The fourth-order valence-electron chi connectivity index (χ4n) is 2.02. The van der Waals surface area contributed by atoms with Crippen LogP contribution in [0.15, 0.2) is 23.2 Å². The van der Waals surface area contributed by atoms with Crippen LogP contribution >= 0.6 is 11.8 Å². The second-order valence-corrected chi connectivity index (χ2v) is 6.50. The van der Waals surface area contributed by atoms with Gasteiger partial charge in [-0.25, -0.2) is 0 Å². The van der Waals surface area contributed by atoms with Crippen molar-refractivity contribution in [1.29, 1.82) is 0 Å². The van der Waals surface area contributed by atoms with E-state index in [2.05, 4.69) is 24.2 Å². The van der Waals surface area contributed by atoms with Crippen molar-refractivity contribution in [3.05, 3.63) is 23.8 Å². The van der Waals surface area contributed by atoms with Gasteiger partial charge in [-0.2, -0.15) is 0 Å². The number of nitrogens with one attached hydrogen (secondary N) is 1. The van der Waals surface area contributed by atoms with Gasteiger partial charge in [-0.1, -0.05) is 17.8 Å². The van der Waals surface area contributed by atoms with Gasteiger partial charge >= 0.3 is 0 Å². The maximum absolute atomic E-state index is 5.31. The van der Waals surface area contributed by atoms with E-state index in [-0.39, 0.29) is 5.54 Å². The quantitative estimate of drug-likeness (QED) is 0.927. The van der Waals surface area contributed by atoms with Crippen molar-refractivity contribution in [3.63, 3.8) is 0 Å². The molecule has 0 aliphatic carbocycles. The molecule has 0 saturated carbocycles. The number of amidine groups is 1. The molecule has 0 radical (unpaired) electrons. The highest BCUT2D eigenvalue weighted by Crippen LogP contribution is 2.28. The standard InChI is InChI=1S/C15H22N2O2S/c1-15(2)7-8-20-14(17-15)16-10-11-5-6-12(18-3)13(9-11)19-4/h5-6,9H,7-8,10H2,1-4H3,(H,16,17). The first-order valence-electron chi connectivity index (χ1n) is 6.70. The number of ether oxygens (including phenoxy) is 2. The molecule has 1 aliphatic heterocycles. The Morgan fingerprint density at radius 3 is 2.65 bits per heavy atom. The van der Waals surface area contributed by atoms with Crippen LogP contribution in [-0.2, 0) is 6.54 Å². The van der Waals surface area contributed by atoms with Gasteiger partial charge in [0.15, 0.2) is 16.7 Å². The van der Waals surface area contributed by atoms with Crippen LogP contribution in [0.1, 0.15) is 25.8 Å². The highest BCUT2D eigenvalue weighted by Gasteiger charge is 2.23. The Morgan fingerprint density at radius 1 is 1.25 bits per heavy atom. The number of hydrogen-bond acceptors (Lipinski definition) is 4. The molecule has 2 rings (SSSR count). The number of benzene rings is 1. The molecule has 1 aromatic rings. The van der Waals surface area contributed by atoms with Crippen LogP contribution in [0.2, 0.25) is 0 Å². The van der Waals surface area contributed by atoms with Gasteiger partial charge in [-0.15, -0.1) is 0 Å². The third-order valence-electron chi connectivity index (χ3n) is 3.26. The van der Waals surface area contributed by atoms with Gasteiger partial charge < -0.3 is 14.8 Å². The minimum atomic E-state index is 0.141. The second kappa shape index (κ2) is 6.39. The van der Waals surface area contributed by atoms with Crippen LogP contribution in [0.5, 0.6) is 11.5 Å². The average Bonchev–Trinajstić information content (AvgIpc) is 2.43. The monoisotopic (exact) mass is 294 g/mol. The van der Waals surface area contributed by atoms with Crippen LogP contribution < -0.4 is 14.8 Å². The normalized spacial score (nSPS) is 19.5. The van der Waals surface area contributed by atoms with Crippen molar-refractivity contribution in [2.24, 2.45) is 4.99 Å². The minimum Gasteiger partial charge on any atom is -0.493 e. The van der Waals surface area contributed by atoms with Gasteiger partial charge in [0.1, 0.15) is 0 Å². The van der Waals surface area contributed by atoms with Crippen molar-refractivity contribution in [3.8, 4) is 11.5 Å². The Labute approximate surface area is 125 Å². The van der Waals surface area contributed by atoms with Crippen molar-refractivity contribution >= 4 is 16.9 Å². The number of aliphatic imine (C=N–C) groups is 1. The van der Waals surface area contributed by atoms with E-state index < -0.39 is 0 Å². The number of nitrogens with zero attached hydrogens (tertiary/aromatic N) is 1. The lowest BCUT2D eigenvalue weighted by molar-refractivity contribution is 0.354. The molecule has 1 aliphatic rings. The topological polar surface area (TPSA) is 42.8 Å². The fourth-order valence-corrected chi connectivity index (χ4v) is 3.33. The lowest BCUT2D eigenvalue weighted by atomic mass is 10.0. The van der Waals surface area contributed by atoms with Gasteiger partial charge in [0.25, 0.3) is 0 Å². The first-order valence-corrected chi connectivity index (χ1v) is 7.69. The van der Waals surface area contributed by atoms with E-state index in [1.807, 2.05) is 18.2 Å². The molecule has 4 nitrogen and oxygen atoms in total. The number of methoxy groups -OCH3 is 2. The summed E-state index contributed by atoms with van der Waals surface area (Å²) in [7, 11) is 3.29. The van der Waals surface area contributed by atoms with E-state index in [9.17, 15) is 0 Å². The first kappa shape index (κ1) is 15.0. The van der Waals surface area contributed by atoms with Crippen LogP contribution in [0.3, 0.4) is 0 Å². The van der Waals surface area contributed by atoms with E-state index in [1.165, 1.54) is 0 Å². The molecule has 0 atom stereocenters. The summed E-state index contributed by atoms with van der Waals surface area (Å²) in [5.74, 6) is 2.61. The van der Waals surface area contributed by atoms with Crippen LogP contribution in [0.4, 0.5) is 0 Å². The molecule has 1 aromatic carbocycles. The maximum Gasteiger partial charge on any atom is 0.161 e. The van der Waals surface area contributed by atoms with E-state index in [4.69, 9.17) is 9.47 Å². The number of rotatable bonds is 4. The lowest BCUT2D eigenvalue weighted by Crippen LogP contribution is -2.46. The summed E-state index contributed by atoms with van der Waals surface area (Å²) in [6.07, 6.45) is 1.16. The zero-order valence-electron chi connectivity index (χ0n) is 12.5. The summed E-state index contributed by atoms with van der Waals surface area (Å²) >= 11 is 1.79. The highest BCUT2D eigenvalue weighted by atomic mass is 32.2. The van der Waals surface area contributed by atoms with Crippen molar-refractivity contribution in [2.45, 2.75) is 32.4 Å². The van der Waals surface area contributed by atoms with Crippen LogP contribution in [0.25, 0.3) is 0 Å². The van der Waals surface area contributed by atoms with Gasteiger partial charge in [0.05, 0.1) is 20.8 Å². The third kappa shape index (κ3) is 3.82. The minimum absolute atomic E-state index is 0.141. The zero-order chi connectivity index (χ0) is 14.6. The molecule has 0 spiro atoms. The largest absolute Gasteiger partial charge is 0.493 e. The lowest BCUT2D eigenvalue weighted by Gasteiger charge is -2.32. The summed E-state index contributed by atoms with van der Waals surface area (Å²) in [5.41, 5.74) is 1.25. The van der Waals surface area contributed by atoms with Gasteiger partial charge in [-0.05, 0) is 38.0 Å². The molecule has 1 fully saturated rings. The molecular formula is C15H22N2O2S. The summed E-state index contributed by atoms with van der Waals surface area (Å²) in [5, 5.41) is 4.50. The van der Waals surface area contributed by atoms with Crippen LogP contribution in [0, 0.1) is 0 Å². The van der Waals surface area contributed by atoms with Crippen LogP contribution in [-0.4, -0.2) is 30.7 Å². The molecular weight excluding hydrogens is 272 g/mol. The van der Waals surface area contributed by atoms with Gasteiger partial charge in [0.2, 0.25) is 0 Å². The molecule has 0 bridgehead atoms. The molecule has 20 heavy (non-hydrogen) atoms. The highest BCUT2D eigenvalue weighted by molar-refractivity contribution is 8.13. The predicted octanol–water partition coefficient (Wildman–Crippen LogP) is 3.06. The summed E-state index contributed by atoms with van der Waals surface area (Å²) in [6.45, 7) is 5.06. The summed E-state index contributed by atoms with van der Waals surface area (Å²) < 4.78 is 10.5. The zero-order valence-corrected chi connectivity index (χ0v) is 13.3. The fraction of sp³-hybridized carbons (Fsp3) is 0.533. The van der Waals surface area contributed by atoms with Gasteiger partial charge in [0, 0.05) is 11.3 Å². The molecule has 1 heterocycles. The molecule has 5 heteroatoms. The second-order valence-electron chi connectivity index (χ2n) is 5.42. The van der Waals surface area contributed by atoms with Gasteiger partial charge in [-0.3, -0.25) is 4.99 Å². The smallest absolute Gasteiger partial charge is 0.161 e. The third-order valence-corrected chi connectivity index (χ3v) is 4.18. The summed E-state index contributed by atoms with van der Waals surface area (Å²) in [6, 6.07) is 5.91. The molecule has 1 saturated heterocycles. The number of thioether (sulfide) groups is 1. The van der Waals surface area contributed by atoms with E-state index in [1.54, 1.807) is 26.0 Å². The average molecular weight is 294 g/mol. The molecule has 110 valence electrons. The Kier molecular flexibility index (Phi) is 4.81. The predicted molar refractivity (Wildman–Crippen MR) is 85.0 cm³/mol. The summed E-state index contributed by atoms with van der Waals surface area (Å²) in [4.78, 5) is 4.65. The SMILES string of the molecule is COc1ccc(CN=C2NC(C)(C)CCS2)cc1OC. The molecule has 0 amide bonds. The Hall–Kier alpha value is -1.36. The molecule has 0 unspecified atom stereocenters. The van der Waals surface area contributed by atoms with E-state index >= 15 is 0 Å². The Morgan fingerprint density at radius 2 is 2.00 bits per heavy atom. The molecule has 0 aromatic heterocycles.